The fraction of sp³-hybridized carbons (Fsp3) is 0.533. The molecule has 0 aromatic carbocycles. The molecule has 1 fully saturated rings. The van der Waals surface area contributed by atoms with Crippen molar-refractivity contribution in [3.63, 3.8) is 0 Å². The standard InChI is InChI=1S/C15H21NO3/c1-3-11(17)9-16-15(18)7-5-12-4-6-14(19-12)13-8-10(13)2/h4-7,10-11,13,17H,3,8-9H2,1-2H3,(H,16,18)/b7-5+. The molecule has 2 N–H and O–H groups in total. The van der Waals surface area contributed by atoms with Crippen LogP contribution in [0.25, 0.3) is 6.08 Å². The second-order valence-corrected chi connectivity index (χ2v) is 5.20. The van der Waals surface area contributed by atoms with Crippen LogP contribution in [0.1, 0.15) is 44.1 Å². The highest BCUT2D eigenvalue weighted by Crippen LogP contribution is 2.47. The van der Waals surface area contributed by atoms with E-state index in [0.29, 0.717) is 24.0 Å². The van der Waals surface area contributed by atoms with Gasteiger partial charge in [-0.3, -0.25) is 4.79 Å². The van der Waals surface area contributed by atoms with Crippen molar-refractivity contribution in [2.24, 2.45) is 5.92 Å². The minimum absolute atomic E-state index is 0.217. The highest BCUT2D eigenvalue weighted by Gasteiger charge is 2.36. The van der Waals surface area contributed by atoms with Crippen LogP contribution >= 0.6 is 0 Å². The molecule has 0 aliphatic heterocycles. The fourth-order valence-electron chi connectivity index (χ4n) is 1.96. The molecule has 19 heavy (non-hydrogen) atoms. The van der Waals surface area contributed by atoms with E-state index < -0.39 is 6.10 Å². The summed E-state index contributed by atoms with van der Waals surface area (Å²) < 4.78 is 5.66. The van der Waals surface area contributed by atoms with E-state index in [1.165, 1.54) is 12.5 Å². The first kappa shape index (κ1) is 13.9. The number of furan rings is 1. The molecule has 0 saturated heterocycles. The van der Waals surface area contributed by atoms with Gasteiger partial charge in [-0.1, -0.05) is 13.8 Å². The summed E-state index contributed by atoms with van der Waals surface area (Å²) >= 11 is 0. The number of carbonyl (C=O) groups excluding carboxylic acids is 1. The van der Waals surface area contributed by atoms with Gasteiger partial charge in [0, 0.05) is 18.5 Å². The molecule has 1 heterocycles. The van der Waals surface area contributed by atoms with Crippen LogP contribution in [0.4, 0.5) is 0 Å². The second kappa shape index (κ2) is 6.06. The van der Waals surface area contributed by atoms with Crippen LogP contribution in [-0.4, -0.2) is 23.7 Å². The van der Waals surface area contributed by atoms with Crippen LogP contribution < -0.4 is 5.32 Å². The molecule has 4 heteroatoms. The zero-order valence-corrected chi connectivity index (χ0v) is 11.4. The molecule has 1 aromatic heterocycles. The number of rotatable bonds is 6. The number of aliphatic hydroxyl groups excluding tert-OH is 1. The lowest BCUT2D eigenvalue weighted by Gasteiger charge is -2.06. The Labute approximate surface area is 113 Å². The smallest absolute Gasteiger partial charge is 0.244 e. The van der Waals surface area contributed by atoms with Crippen molar-refractivity contribution in [2.75, 3.05) is 6.54 Å². The maximum atomic E-state index is 11.5. The third-order valence-corrected chi connectivity index (χ3v) is 3.50. The highest BCUT2D eigenvalue weighted by molar-refractivity contribution is 5.91. The van der Waals surface area contributed by atoms with Crippen molar-refractivity contribution < 1.29 is 14.3 Å². The van der Waals surface area contributed by atoms with Gasteiger partial charge in [-0.2, -0.15) is 0 Å². The normalized spacial score (nSPS) is 23.5. The number of aliphatic hydroxyl groups is 1. The molecule has 0 bridgehead atoms. The quantitative estimate of drug-likeness (QED) is 0.774. The summed E-state index contributed by atoms with van der Waals surface area (Å²) in [6.45, 7) is 4.35. The van der Waals surface area contributed by atoms with Gasteiger partial charge < -0.3 is 14.8 Å². The third-order valence-electron chi connectivity index (χ3n) is 3.50. The highest BCUT2D eigenvalue weighted by atomic mass is 16.3. The van der Waals surface area contributed by atoms with Gasteiger partial charge in [-0.05, 0) is 37.0 Å². The van der Waals surface area contributed by atoms with Gasteiger partial charge in [0.25, 0.3) is 0 Å². The summed E-state index contributed by atoms with van der Waals surface area (Å²) in [4.78, 5) is 11.5. The van der Waals surface area contributed by atoms with Gasteiger partial charge in [0.15, 0.2) is 0 Å². The van der Waals surface area contributed by atoms with Crippen molar-refractivity contribution in [1.82, 2.24) is 5.32 Å². The van der Waals surface area contributed by atoms with Crippen LogP contribution in [0.2, 0.25) is 0 Å². The van der Waals surface area contributed by atoms with Gasteiger partial charge in [0.2, 0.25) is 5.91 Å². The van der Waals surface area contributed by atoms with Crippen LogP contribution in [-0.2, 0) is 4.79 Å². The van der Waals surface area contributed by atoms with Gasteiger partial charge >= 0.3 is 0 Å². The Bertz CT molecular complexity index is 464. The zero-order chi connectivity index (χ0) is 13.8. The number of amides is 1. The Morgan fingerprint density at radius 1 is 1.63 bits per heavy atom. The van der Waals surface area contributed by atoms with Crippen molar-refractivity contribution in [2.45, 2.75) is 38.7 Å². The maximum Gasteiger partial charge on any atom is 0.244 e. The summed E-state index contributed by atoms with van der Waals surface area (Å²) in [7, 11) is 0. The Balaban J connectivity index is 1.81. The molecule has 2 rings (SSSR count). The molecular formula is C15H21NO3. The molecule has 104 valence electrons. The van der Waals surface area contributed by atoms with E-state index in [1.54, 1.807) is 6.08 Å². The van der Waals surface area contributed by atoms with E-state index in [2.05, 4.69) is 12.2 Å². The van der Waals surface area contributed by atoms with Gasteiger partial charge in [-0.15, -0.1) is 0 Å². The summed E-state index contributed by atoms with van der Waals surface area (Å²) in [6.07, 6.45) is 4.42. The molecule has 1 aliphatic rings. The van der Waals surface area contributed by atoms with E-state index in [-0.39, 0.29) is 12.5 Å². The van der Waals surface area contributed by atoms with Gasteiger partial charge in [-0.25, -0.2) is 0 Å². The lowest BCUT2D eigenvalue weighted by atomic mass is 10.3. The lowest BCUT2D eigenvalue weighted by Crippen LogP contribution is -2.30. The zero-order valence-electron chi connectivity index (χ0n) is 11.4. The summed E-state index contributed by atoms with van der Waals surface area (Å²) in [5.74, 6) is 2.75. The number of nitrogens with one attached hydrogen (secondary N) is 1. The Kier molecular flexibility index (Phi) is 4.43. The Hall–Kier alpha value is -1.55. The molecule has 1 amide bonds. The van der Waals surface area contributed by atoms with E-state index in [9.17, 15) is 9.90 Å². The minimum atomic E-state index is -0.482. The van der Waals surface area contributed by atoms with Crippen molar-refractivity contribution in [3.05, 3.63) is 29.7 Å². The SMILES string of the molecule is CCC(O)CNC(=O)/C=C/c1ccc(C2CC2C)o1. The predicted molar refractivity (Wildman–Crippen MR) is 73.6 cm³/mol. The number of carbonyl (C=O) groups is 1. The predicted octanol–water partition coefficient (Wildman–Crippen LogP) is 2.30. The molecule has 1 aliphatic carbocycles. The minimum Gasteiger partial charge on any atom is -0.461 e. The first-order valence-corrected chi connectivity index (χ1v) is 6.83. The third kappa shape index (κ3) is 3.96. The monoisotopic (exact) mass is 263 g/mol. The van der Waals surface area contributed by atoms with E-state index >= 15 is 0 Å². The molecule has 0 spiro atoms. The Morgan fingerprint density at radius 2 is 2.37 bits per heavy atom. The van der Waals surface area contributed by atoms with E-state index in [1.807, 2.05) is 19.1 Å². The fourth-order valence-corrected chi connectivity index (χ4v) is 1.96. The van der Waals surface area contributed by atoms with Crippen LogP contribution in [0, 0.1) is 5.92 Å². The van der Waals surface area contributed by atoms with Crippen molar-refractivity contribution in [3.8, 4) is 0 Å². The molecular weight excluding hydrogens is 242 g/mol. The van der Waals surface area contributed by atoms with Gasteiger partial charge in [0.1, 0.15) is 11.5 Å². The summed E-state index contributed by atoms with van der Waals surface area (Å²) in [5, 5.41) is 12.0. The average molecular weight is 263 g/mol. The van der Waals surface area contributed by atoms with Crippen molar-refractivity contribution in [1.29, 1.82) is 0 Å². The molecule has 3 atom stereocenters. The molecule has 1 aromatic rings. The summed E-state index contributed by atoms with van der Waals surface area (Å²) in [6, 6.07) is 3.86. The van der Waals surface area contributed by atoms with E-state index in [4.69, 9.17) is 4.42 Å². The van der Waals surface area contributed by atoms with Crippen LogP contribution in [0.5, 0.6) is 0 Å². The first-order valence-electron chi connectivity index (χ1n) is 6.83. The molecule has 0 radical (unpaired) electrons. The first-order chi connectivity index (χ1) is 9.10. The number of hydrogen-bond acceptors (Lipinski definition) is 3. The molecule has 1 saturated carbocycles. The van der Waals surface area contributed by atoms with Crippen LogP contribution in [0.15, 0.2) is 22.6 Å². The van der Waals surface area contributed by atoms with E-state index in [0.717, 1.165) is 5.76 Å². The number of hydrogen-bond donors (Lipinski definition) is 2. The summed E-state index contributed by atoms with van der Waals surface area (Å²) in [5.41, 5.74) is 0. The lowest BCUT2D eigenvalue weighted by molar-refractivity contribution is -0.116. The van der Waals surface area contributed by atoms with Crippen molar-refractivity contribution >= 4 is 12.0 Å². The Morgan fingerprint density at radius 3 is 3.00 bits per heavy atom. The van der Waals surface area contributed by atoms with Crippen LogP contribution in [0.3, 0.4) is 0 Å². The topological polar surface area (TPSA) is 62.5 Å². The average Bonchev–Trinajstić information content (AvgIpc) is 2.95. The molecule has 4 nitrogen and oxygen atoms in total. The maximum absolute atomic E-state index is 11.5. The largest absolute Gasteiger partial charge is 0.461 e. The van der Waals surface area contributed by atoms with Gasteiger partial charge in [0.05, 0.1) is 6.10 Å². The molecule has 3 unspecified atom stereocenters. The second-order valence-electron chi connectivity index (χ2n) is 5.20.